The largest absolute Gasteiger partial charge is 0.296 e. The molecule has 3 aromatic heterocycles. The molecule has 1 unspecified atom stereocenters. The van der Waals surface area contributed by atoms with E-state index in [0.717, 1.165) is 70.0 Å². The highest BCUT2D eigenvalue weighted by Gasteiger charge is 2.25. The number of allylic oxidation sites excluding steroid dienone is 7. The summed E-state index contributed by atoms with van der Waals surface area (Å²) in [5.74, 6) is 0.568. The molecule has 4 nitrogen and oxygen atoms in total. The van der Waals surface area contributed by atoms with Gasteiger partial charge in [-0.25, -0.2) is 9.97 Å². The van der Waals surface area contributed by atoms with Crippen LogP contribution in [0.25, 0.3) is 61.6 Å². The molecule has 0 bridgehead atoms. The van der Waals surface area contributed by atoms with Crippen molar-refractivity contribution in [2.45, 2.75) is 32.1 Å². The molecule has 1 atom stereocenters. The van der Waals surface area contributed by atoms with Crippen molar-refractivity contribution in [1.82, 2.24) is 19.1 Å². The van der Waals surface area contributed by atoms with Crippen molar-refractivity contribution in [2.24, 2.45) is 5.92 Å². The van der Waals surface area contributed by atoms with E-state index in [0.29, 0.717) is 5.92 Å². The van der Waals surface area contributed by atoms with Crippen LogP contribution in [0.4, 0.5) is 0 Å². The highest BCUT2D eigenvalue weighted by molar-refractivity contribution is 6.13. The Labute approximate surface area is 232 Å². The minimum atomic E-state index is 0.568. The molecule has 4 heteroatoms. The molecule has 3 aliphatic carbocycles. The van der Waals surface area contributed by atoms with Crippen LogP contribution in [0.1, 0.15) is 36.8 Å². The van der Waals surface area contributed by atoms with Crippen LogP contribution in [0.5, 0.6) is 0 Å². The van der Waals surface area contributed by atoms with E-state index in [2.05, 4.69) is 112 Å². The zero-order valence-electron chi connectivity index (χ0n) is 22.2. The number of aromatic nitrogens is 4. The molecule has 3 aromatic carbocycles. The normalized spacial score (nSPS) is 18.4. The van der Waals surface area contributed by atoms with E-state index in [-0.39, 0.29) is 0 Å². The van der Waals surface area contributed by atoms with Gasteiger partial charge < -0.3 is 0 Å². The summed E-state index contributed by atoms with van der Waals surface area (Å²) in [5.41, 5.74) is 12.7. The summed E-state index contributed by atoms with van der Waals surface area (Å²) in [4.78, 5) is 10.9. The van der Waals surface area contributed by atoms with E-state index in [4.69, 9.17) is 9.97 Å². The zero-order chi connectivity index (χ0) is 26.2. The van der Waals surface area contributed by atoms with Gasteiger partial charge in [0.1, 0.15) is 11.0 Å². The molecule has 6 aromatic rings. The summed E-state index contributed by atoms with van der Waals surface area (Å²) in [5, 5.41) is 2.29. The van der Waals surface area contributed by atoms with Gasteiger partial charge in [-0.1, -0.05) is 72.8 Å². The van der Waals surface area contributed by atoms with Crippen molar-refractivity contribution in [3.63, 3.8) is 0 Å². The number of hydrogen-bond acceptors (Lipinski definition) is 2. The number of aryl methyl sites for hydroxylation is 1. The number of hydrogen-bond donors (Lipinski definition) is 0. The van der Waals surface area contributed by atoms with Gasteiger partial charge in [0.15, 0.2) is 11.3 Å². The van der Waals surface area contributed by atoms with Gasteiger partial charge in [0.2, 0.25) is 0 Å². The summed E-state index contributed by atoms with van der Waals surface area (Å²) in [6.45, 7) is 0. The lowest BCUT2D eigenvalue weighted by atomic mass is 9.82. The smallest absolute Gasteiger partial charge is 0.165 e. The summed E-state index contributed by atoms with van der Waals surface area (Å²) in [6.07, 6.45) is 19.3. The van der Waals surface area contributed by atoms with Gasteiger partial charge in [-0.15, -0.1) is 0 Å². The zero-order valence-corrected chi connectivity index (χ0v) is 22.2. The summed E-state index contributed by atoms with van der Waals surface area (Å²) in [6, 6.07) is 24.1. The van der Waals surface area contributed by atoms with Gasteiger partial charge in [-0.05, 0) is 85.1 Å². The predicted molar refractivity (Wildman–Crippen MR) is 166 cm³/mol. The van der Waals surface area contributed by atoms with Gasteiger partial charge in [-0.3, -0.25) is 9.13 Å². The van der Waals surface area contributed by atoms with E-state index in [9.17, 15) is 0 Å². The van der Waals surface area contributed by atoms with Crippen LogP contribution in [-0.4, -0.2) is 19.1 Å². The summed E-state index contributed by atoms with van der Waals surface area (Å²) in [7, 11) is 0. The Bertz CT molecular complexity index is 2150. The quantitative estimate of drug-likeness (QED) is 0.231. The lowest BCUT2D eigenvalue weighted by molar-refractivity contribution is 0.565. The van der Waals surface area contributed by atoms with Crippen molar-refractivity contribution in [3.8, 4) is 5.69 Å². The molecule has 0 radical (unpaired) electrons. The molecule has 9 rings (SSSR count). The first-order chi connectivity index (χ1) is 19.8. The van der Waals surface area contributed by atoms with Gasteiger partial charge in [0, 0.05) is 22.2 Å². The van der Waals surface area contributed by atoms with E-state index in [1.165, 1.54) is 34.3 Å². The van der Waals surface area contributed by atoms with E-state index in [1.54, 1.807) is 0 Å². The third-order valence-electron chi connectivity index (χ3n) is 9.02. The molecule has 0 saturated heterocycles. The topological polar surface area (TPSA) is 35.6 Å². The molecular weight excluding hydrogens is 488 g/mol. The number of benzene rings is 3. The van der Waals surface area contributed by atoms with Crippen LogP contribution in [0.15, 0.2) is 103 Å². The monoisotopic (exact) mass is 516 g/mol. The first-order valence-corrected chi connectivity index (χ1v) is 14.4. The van der Waals surface area contributed by atoms with Crippen LogP contribution >= 0.6 is 0 Å². The predicted octanol–water partition coefficient (Wildman–Crippen LogP) is 8.78. The molecule has 0 amide bonds. The Morgan fingerprint density at radius 2 is 1.43 bits per heavy atom. The molecule has 3 heterocycles. The molecule has 0 spiro atoms. The van der Waals surface area contributed by atoms with E-state index in [1.807, 2.05) is 0 Å². The molecular formula is C36H28N4. The Morgan fingerprint density at radius 1 is 0.700 bits per heavy atom. The number of para-hydroxylation sites is 2. The maximum Gasteiger partial charge on any atom is 0.165 e. The van der Waals surface area contributed by atoms with Crippen molar-refractivity contribution in [1.29, 1.82) is 0 Å². The fourth-order valence-electron chi connectivity index (χ4n) is 7.08. The van der Waals surface area contributed by atoms with Crippen LogP contribution in [0, 0.1) is 5.92 Å². The van der Waals surface area contributed by atoms with Gasteiger partial charge in [0.05, 0.1) is 11.0 Å². The van der Waals surface area contributed by atoms with E-state index < -0.39 is 0 Å². The second-order valence-corrected chi connectivity index (χ2v) is 11.3. The van der Waals surface area contributed by atoms with Gasteiger partial charge in [0.25, 0.3) is 0 Å². The first-order valence-electron chi connectivity index (χ1n) is 14.4. The molecule has 0 saturated carbocycles. The van der Waals surface area contributed by atoms with Crippen LogP contribution in [-0.2, 0) is 6.42 Å². The maximum absolute atomic E-state index is 5.45. The third kappa shape index (κ3) is 3.13. The molecule has 192 valence electrons. The average molecular weight is 517 g/mol. The average Bonchev–Trinajstić information content (AvgIpc) is 3.51. The lowest BCUT2D eigenvalue weighted by Gasteiger charge is -2.26. The Hall–Kier alpha value is -4.70. The van der Waals surface area contributed by atoms with Gasteiger partial charge >= 0.3 is 0 Å². The van der Waals surface area contributed by atoms with Gasteiger partial charge in [-0.2, -0.15) is 0 Å². The molecule has 0 fully saturated rings. The Kier molecular flexibility index (Phi) is 4.65. The number of rotatable bonds is 2. The first kappa shape index (κ1) is 22.2. The molecule has 40 heavy (non-hydrogen) atoms. The maximum atomic E-state index is 5.45. The number of nitrogens with zero attached hydrogens (tertiary/aromatic N) is 4. The standard InChI is InChI=1S/C36H28N4/c1-3-11-25-21-27(19-17-23(25)9-1)39-31-15-7-5-13-29(31)33-35(39)37-34-30-14-6-8-16-32(30)40(36(34)38-33)28-20-18-24-10-2-4-12-26(24)22-28/h1-2,5-10,13-21,26H,3-4,11-12,22H2. The minimum absolute atomic E-state index is 0.568. The minimum Gasteiger partial charge on any atom is -0.296 e. The summed E-state index contributed by atoms with van der Waals surface area (Å²) < 4.78 is 4.69. The van der Waals surface area contributed by atoms with Crippen molar-refractivity contribution < 1.29 is 0 Å². The van der Waals surface area contributed by atoms with Crippen molar-refractivity contribution >= 4 is 55.9 Å². The molecule has 0 N–H and O–H groups in total. The van der Waals surface area contributed by atoms with Crippen LogP contribution in [0.2, 0.25) is 0 Å². The fourth-order valence-corrected chi connectivity index (χ4v) is 7.08. The van der Waals surface area contributed by atoms with Crippen LogP contribution < -0.4 is 0 Å². The number of fused-ring (bicyclic) bond motifs is 8. The highest BCUT2D eigenvalue weighted by Crippen LogP contribution is 2.40. The van der Waals surface area contributed by atoms with Crippen molar-refractivity contribution in [3.05, 3.63) is 114 Å². The fraction of sp³-hybridized carbons (Fsp3) is 0.167. The van der Waals surface area contributed by atoms with E-state index >= 15 is 0 Å². The molecule has 3 aliphatic rings. The van der Waals surface area contributed by atoms with Crippen LogP contribution in [0.3, 0.4) is 0 Å². The third-order valence-corrected chi connectivity index (χ3v) is 9.02. The highest BCUT2D eigenvalue weighted by atomic mass is 15.1. The lowest BCUT2D eigenvalue weighted by Crippen LogP contribution is -2.13. The molecule has 0 aliphatic heterocycles. The second kappa shape index (κ2) is 8.40. The Balaban J connectivity index is 1.35. The Morgan fingerprint density at radius 3 is 2.25 bits per heavy atom. The SMILES string of the molecule is C1=Cc2ccc(-n3c4ccccc4c4nc5c(nc43)c3ccccc3n5C3=CC=C4C=CCCC4C3)cc2CC1. The van der Waals surface area contributed by atoms with Crippen molar-refractivity contribution in [2.75, 3.05) is 0 Å². The summed E-state index contributed by atoms with van der Waals surface area (Å²) >= 11 is 0. The second-order valence-electron chi connectivity index (χ2n) is 11.3.